The highest BCUT2D eigenvalue weighted by atomic mass is 15.1. The van der Waals surface area contributed by atoms with Crippen molar-refractivity contribution in [2.24, 2.45) is 10.7 Å². The Morgan fingerprint density at radius 3 is 3.25 bits per heavy atom. The van der Waals surface area contributed by atoms with Gasteiger partial charge in [-0.15, -0.1) is 0 Å². The summed E-state index contributed by atoms with van der Waals surface area (Å²) in [7, 11) is 0. The molecule has 0 aliphatic carbocycles. The Bertz CT molecular complexity index is 238. The summed E-state index contributed by atoms with van der Waals surface area (Å²) < 4.78 is 0. The molecule has 5 nitrogen and oxygen atoms in total. The van der Waals surface area contributed by atoms with Gasteiger partial charge in [-0.1, -0.05) is 0 Å². The van der Waals surface area contributed by atoms with E-state index in [1.165, 1.54) is 0 Å². The minimum atomic E-state index is 0.465. The van der Waals surface area contributed by atoms with Gasteiger partial charge in [0.25, 0.3) is 0 Å². The maximum Gasteiger partial charge on any atom is 0.188 e. The summed E-state index contributed by atoms with van der Waals surface area (Å²) in [4.78, 5) is 4.07. The first-order valence-electron chi connectivity index (χ1n) is 3.85. The molecule has 1 heterocycles. The largest absolute Gasteiger partial charge is 0.370 e. The van der Waals surface area contributed by atoms with Gasteiger partial charge >= 0.3 is 0 Å². The monoisotopic (exact) mass is 167 g/mol. The Labute approximate surface area is 71.1 Å². The molecular weight excluding hydrogens is 154 g/mol. The molecule has 5 heteroatoms. The molecule has 4 N–H and O–H groups in total. The Hall–Kier alpha value is -1.52. The minimum absolute atomic E-state index is 0.465. The number of nitrogens with one attached hydrogen (secondary N) is 2. The molecular formula is C7H13N5. The van der Waals surface area contributed by atoms with Crippen LogP contribution in [0.25, 0.3) is 0 Å². The Balaban J connectivity index is 2.38. The zero-order valence-electron chi connectivity index (χ0n) is 7.04. The van der Waals surface area contributed by atoms with E-state index >= 15 is 0 Å². The molecule has 0 bridgehead atoms. The van der Waals surface area contributed by atoms with Gasteiger partial charge in [0.1, 0.15) is 0 Å². The Morgan fingerprint density at radius 1 is 1.83 bits per heavy atom. The number of nitrogens with zero attached hydrogens (tertiary/aromatic N) is 2. The standard InChI is InChI=1S/C7H13N5/c1-2-9-7(8)10-5-6-3-4-11-12-6/h3-4H,2,5H2,1H3,(H,11,12)(H3,8,9,10). The van der Waals surface area contributed by atoms with Gasteiger partial charge in [-0.25, -0.2) is 4.99 Å². The Kier molecular flexibility index (Phi) is 3.13. The maximum absolute atomic E-state index is 5.51. The number of aromatic nitrogens is 2. The predicted octanol–water partition coefficient (Wildman–Crippen LogP) is -0.166. The number of aliphatic imine (C=N–C) groups is 1. The van der Waals surface area contributed by atoms with Crippen LogP contribution in [0.15, 0.2) is 17.3 Å². The molecule has 0 saturated carbocycles. The number of hydrogen-bond acceptors (Lipinski definition) is 2. The average molecular weight is 167 g/mol. The lowest BCUT2D eigenvalue weighted by Crippen LogP contribution is -2.31. The van der Waals surface area contributed by atoms with Gasteiger partial charge in [0.05, 0.1) is 12.2 Å². The second kappa shape index (κ2) is 4.38. The number of hydrogen-bond donors (Lipinski definition) is 3. The van der Waals surface area contributed by atoms with Crippen LogP contribution in [0.2, 0.25) is 0 Å². The van der Waals surface area contributed by atoms with Crippen molar-refractivity contribution in [2.45, 2.75) is 13.5 Å². The zero-order valence-corrected chi connectivity index (χ0v) is 7.04. The van der Waals surface area contributed by atoms with Crippen molar-refractivity contribution in [1.29, 1.82) is 0 Å². The first-order chi connectivity index (χ1) is 5.83. The molecule has 66 valence electrons. The number of nitrogens with two attached hydrogens (primary N) is 1. The lowest BCUT2D eigenvalue weighted by molar-refractivity contribution is 0.900. The fourth-order valence-corrected chi connectivity index (χ4v) is 0.780. The molecule has 1 aromatic heterocycles. The highest BCUT2D eigenvalue weighted by molar-refractivity contribution is 5.77. The normalized spacial score (nSPS) is 11.6. The van der Waals surface area contributed by atoms with E-state index in [1.54, 1.807) is 6.20 Å². The van der Waals surface area contributed by atoms with Crippen molar-refractivity contribution in [1.82, 2.24) is 15.5 Å². The molecule has 0 saturated heterocycles. The second-order valence-corrected chi connectivity index (χ2v) is 2.31. The molecule has 0 aliphatic heterocycles. The third-order valence-corrected chi connectivity index (χ3v) is 1.34. The molecule has 0 aromatic carbocycles. The topological polar surface area (TPSA) is 79.1 Å². The van der Waals surface area contributed by atoms with Crippen LogP contribution in [0.5, 0.6) is 0 Å². The van der Waals surface area contributed by atoms with Crippen LogP contribution in [-0.4, -0.2) is 22.7 Å². The van der Waals surface area contributed by atoms with Crippen molar-refractivity contribution in [3.8, 4) is 0 Å². The van der Waals surface area contributed by atoms with E-state index in [-0.39, 0.29) is 0 Å². The van der Waals surface area contributed by atoms with Crippen LogP contribution in [0, 0.1) is 0 Å². The van der Waals surface area contributed by atoms with Crippen molar-refractivity contribution < 1.29 is 0 Å². The van der Waals surface area contributed by atoms with Crippen molar-refractivity contribution in [2.75, 3.05) is 6.54 Å². The molecule has 0 radical (unpaired) electrons. The number of guanidine groups is 1. The van der Waals surface area contributed by atoms with E-state index in [2.05, 4.69) is 20.5 Å². The summed E-state index contributed by atoms with van der Waals surface area (Å²) in [5.41, 5.74) is 6.46. The lowest BCUT2D eigenvalue weighted by Gasteiger charge is -1.99. The van der Waals surface area contributed by atoms with E-state index in [0.717, 1.165) is 12.2 Å². The molecule has 0 unspecified atom stereocenters. The fourth-order valence-electron chi connectivity index (χ4n) is 0.780. The molecule has 0 amide bonds. The van der Waals surface area contributed by atoms with E-state index in [0.29, 0.717) is 12.5 Å². The van der Waals surface area contributed by atoms with Crippen LogP contribution >= 0.6 is 0 Å². The van der Waals surface area contributed by atoms with Gasteiger partial charge in [0, 0.05) is 12.7 Å². The van der Waals surface area contributed by atoms with Gasteiger partial charge in [0.15, 0.2) is 5.96 Å². The molecule has 0 aliphatic rings. The summed E-state index contributed by atoms with van der Waals surface area (Å²) in [6.07, 6.45) is 1.69. The van der Waals surface area contributed by atoms with E-state index in [9.17, 15) is 0 Å². The summed E-state index contributed by atoms with van der Waals surface area (Å²) in [6, 6.07) is 1.86. The third-order valence-electron chi connectivity index (χ3n) is 1.34. The highest BCUT2D eigenvalue weighted by Crippen LogP contribution is 1.92. The van der Waals surface area contributed by atoms with Gasteiger partial charge < -0.3 is 11.1 Å². The zero-order chi connectivity index (χ0) is 8.81. The third kappa shape index (κ3) is 2.61. The average Bonchev–Trinajstić information content (AvgIpc) is 2.53. The van der Waals surface area contributed by atoms with Gasteiger partial charge in [-0.2, -0.15) is 5.10 Å². The second-order valence-electron chi connectivity index (χ2n) is 2.31. The smallest absolute Gasteiger partial charge is 0.188 e. The molecule has 0 fully saturated rings. The van der Waals surface area contributed by atoms with Crippen molar-refractivity contribution >= 4 is 5.96 Å². The molecule has 1 rings (SSSR count). The summed E-state index contributed by atoms with van der Waals surface area (Å²) in [5, 5.41) is 9.49. The first kappa shape index (κ1) is 8.58. The van der Waals surface area contributed by atoms with Gasteiger partial charge in [-0.05, 0) is 13.0 Å². The fraction of sp³-hybridized carbons (Fsp3) is 0.429. The SMILES string of the molecule is CCNC(N)=NCc1ccn[nH]1. The molecule has 1 aromatic rings. The number of aromatic amines is 1. The summed E-state index contributed by atoms with van der Waals surface area (Å²) in [5.74, 6) is 0.465. The molecule has 0 atom stereocenters. The van der Waals surface area contributed by atoms with Crippen LogP contribution < -0.4 is 11.1 Å². The quantitative estimate of drug-likeness (QED) is 0.432. The van der Waals surface area contributed by atoms with Crippen molar-refractivity contribution in [3.63, 3.8) is 0 Å². The van der Waals surface area contributed by atoms with Crippen LogP contribution in [0.4, 0.5) is 0 Å². The van der Waals surface area contributed by atoms with Crippen LogP contribution in [-0.2, 0) is 6.54 Å². The van der Waals surface area contributed by atoms with Crippen LogP contribution in [0.3, 0.4) is 0 Å². The number of rotatable bonds is 3. The number of H-pyrrole nitrogens is 1. The molecule has 12 heavy (non-hydrogen) atoms. The predicted molar refractivity (Wildman–Crippen MR) is 47.6 cm³/mol. The Morgan fingerprint density at radius 2 is 2.67 bits per heavy atom. The first-order valence-corrected chi connectivity index (χ1v) is 3.85. The maximum atomic E-state index is 5.51. The van der Waals surface area contributed by atoms with Crippen molar-refractivity contribution in [3.05, 3.63) is 18.0 Å². The summed E-state index contributed by atoms with van der Waals surface area (Å²) >= 11 is 0. The molecule has 0 spiro atoms. The van der Waals surface area contributed by atoms with Gasteiger partial charge in [0.2, 0.25) is 0 Å². The highest BCUT2D eigenvalue weighted by Gasteiger charge is 1.91. The van der Waals surface area contributed by atoms with E-state index < -0.39 is 0 Å². The lowest BCUT2D eigenvalue weighted by atomic mass is 10.4. The van der Waals surface area contributed by atoms with Gasteiger partial charge in [-0.3, -0.25) is 5.10 Å². The van der Waals surface area contributed by atoms with Crippen LogP contribution in [0.1, 0.15) is 12.6 Å². The minimum Gasteiger partial charge on any atom is -0.370 e. The summed E-state index contributed by atoms with van der Waals surface area (Å²) in [6.45, 7) is 3.30. The van der Waals surface area contributed by atoms with E-state index in [4.69, 9.17) is 5.73 Å². The van der Waals surface area contributed by atoms with E-state index in [1.807, 2.05) is 13.0 Å².